The molecule has 8 heteroatoms. The smallest absolute Gasteiger partial charge is 0.410 e. The summed E-state index contributed by atoms with van der Waals surface area (Å²) in [5, 5.41) is 0.931. The van der Waals surface area contributed by atoms with Crippen LogP contribution in [0, 0.1) is 0 Å². The number of nitrogens with zero attached hydrogens (tertiary/aromatic N) is 2. The second kappa shape index (κ2) is 9.56. The normalized spacial score (nSPS) is 13.1. The van der Waals surface area contributed by atoms with Crippen molar-refractivity contribution in [2.75, 3.05) is 20.3 Å². The summed E-state index contributed by atoms with van der Waals surface area (Å²) in [6.45, 7) is 3.25. The number of fused-ring (bicyclic) bond motifs is 2. The van der Waals surface area contributed by atoms with E-state index in [2.05, 4.69) is 6.07 Å². The molecule has 1 aliphatic rings. The van der Waals surface area contributed by atoms with Crippen molar-refractivity contribution in [3.63, 3.8) is 0 Å². The van der Waals surface area contributed by atoms with Gasteiger partial charge in [0.05, 0.1) is 30.5 Å². The van der Waals surface area contributed by atoms with Crippen molar-refractivity contribution in [2.45, 2.75) is 26.3 Å². The number of benzene rings is 2. The topological polar surface area (TPSA) is 68.7 Å². The lowest BCUT2D eigenvalue weighted by Gasteiger charge is -2.26. The predicted octanol–water partition coefficient (Wildman–Crippen LogP) is 5.97. The first-order chi connectivity index (χ1) is 16.6. The molecule has 3 heterocycles. The summed E-state index contributed by atoms with van der Waals surface area (Å²) in [7, 11) is 1.61. The number of carbonyl (C=O) groups is 2. The lowest BCUT2D eigenvalue weighted by atomic mass is 9.99. The van der Waals surface area contributed by atoms with Gasteiger partial charge in [-0.15, -0.1) is 22.7 Å². The van der Waals surface area contributed by atoms with Crippen molar-refractivity contribution in [3.05, 3.63) is 69.4 Å². The second-order valence-corrected chi connectivity index (χ2v) is 10.2. The maximum Gasteiger partial charge on any atom is 0.410 e. The molecule has 0 fully saturated rings. The zero-order valence-electron chi connectivity index (χ0n) is 19.0. The number of methoxy groups -OCH3 is 1. The second-order valence-electron chi connectivity index (χ2n) is 7.99. The summed E-state index contributed by atoms with van der Waals surface area (Å²) in [5.74, 6) is 0.767. The van der Waals surface area contributed by atoms with Crippen molar-refractivity contribution >= 4 is 44.8 Å². The molecule has 4 aromatic rings. The molecule has 2 aromatic heterocycles. The SMILES string of the molecule is CCOC(=O)N1CCc2c(sc(CC(=O)c3ccc(OC)cc3)c2-c2nc3ccccc3s2)C1. The fourth-order valence-electron chi connectivity index (χ4n) is 4.21. The molecular formula is C26H24N2O4S2. The third-order valence-corrected chi connectivity index (χ3v) is 8.17. The molecule has 0 bridgehead atoms. The van der Waals surface area contributed by atoms with Gasteiger partial charge < -0.3 is 14.4 Å². The van der Waals surface area contributed by atoms with Gasteiger partial charge in [0.1, 0.15) is 10.8 Å². The van der Waals surface area contributed by atoms with Crippen LogP contribution in [0.5, 0.6) is 5.75 Å². The number of aromatic nitrogens is 1. The molecule has 5 rings (SSSR count). The summed E-state index contributed by atoms with van der Waals surface area (Å²) in [6, 6.07) is 15.3. The zero-order chi connectivity index (χ0) is 23.7. The lowest BCUT2D eigenvalue weighted by molar-refractivity contribution is 0.0992. The number of carbonyl (C=O) groups excluding carboxylic acids is 2. The van der Waals surface area contributed by atoms with Crippen molar-refractivity contribution in [1.82, 2.24) is 9.88 Å². The summed E-state index contributed by atoms with van der Waals surface area (Å²) in [4.78, 5) is 34.3. The van der Waals surface area contributed by atoms with Crippen LogP contribution >= 0.6 is 22.7 Å². The van der Waals surface area contributed by atoms with E-state index in [1.54, 1.807) is 58.9 Å². The van der Waals surface area contributed by atoms with E-state index in [0.29, 0.717) is 31.7 Å². The Bertz CT molecular complexity index is 1320. The summed E-state index contributed by atoms with van der Waals surface area (Å²) >= 11 is 3.26. The highest BCUT2D eigenvalue weighted by Gasteiger charge is 2.30. The maximum absolute atomic E-state index is 13.2. The van der Waals surface area contributed by atoms with Crippen LogP contribution in [0.4, 0.5) is 4.79 Å². The number of ether oxygens (including phenoxy) is 2. The number of para-hydroxylation sites is 1. The van der Waals surface area contributed by atoms with Crippen LogP contribution in [0.1, 0.15) is 32.6 Å². The van der Waals surface area contributed by atoms with Gasteiger partial charge in [0, 0.05) is 33.8 Å². The fraction of sp³-hybridized carbons (Fsp3) is 0.269. The Morgan fingerprint density at radius 2 is 1.88 bits per heavy atom. The Labute approximate surface area is 205 Å². The van der Waals surface area contributed by atoms with E-state index in [1.165, 1.54) is 5.56 Å². The number of Topliss-reactive ketones (excluding diaryl/α,β-unsaturated/α-hetero) is 1. The Morgan fingerprint density at radius 1 is 1.09 bits per heavy atom. The van der Waals surface area contributed by atoms with E-state index >= 15 is 0 Å². The minimum atomic E-state index is -0.293. The highest BCUT2D eigenvalue weighted by atomic mass is 32.1. The Balaban J connectivity index is 1.53. The molecule has 2 aromatic carbocycles. The highest BCUT2D eigenvalue weighted by molar-refractivity contribution is 7.22. The molecule has 0 N–H and O–H groups in total. The molecule has 0 saturated heterocycles. The summed E-state index contributed by atoms with van der Waals surface area (Å²) in [6.07, 6.45) is 0.709. The summed E-state index contributed by atoms with van der Waals surface area (Å²) in [5.41, 5.74) is 3.86. The third kappa shape index (κ3) is 4.31. The van der Waals surface area contributed by atoms with E-state index < -0.39 is 0 Å². The molecule has 1 amide bonds. The molecule has 0 aliphatic carbocycles. The highest BCUT2D eigenvalue weighted by Crippen LogP contribution is 2.43. The quantitative estimate of drug-likeness (QED) is 0.310. The fourth-order valence-corrected chi connectivity index (χ4v) is 6.71. The van der Waals surface area contributed by atoms with E-state index in [-0.39, 0.29) is 18.3 Å². The number of thiazole rings is 1. The molecule has 174 valence electrons. The first-order valence-corrected chi connectivity index (χ1v) is 12.8. The number of thiophene rings is 1. The molecule has 0 saturated carbocycles. The first kappa shape index (κ1) is 22.6. The van der Waals surface area contributed by atoms with E-state index in [9.17, 15) is 9.59 Å². The maximum atomic E-state index is 13.2. The van der Waals surface area contributed by atoms with Crippen LogP contribution in [0.15, 0.2) is 48.5 Å². The van der Waals surface area contributed by atoms with Crippen molar-refractivity contribution in [3.8, 4) is 16.3 Å². The molecule has 0 radical (unpaired) electrons. The molecule has 0 unspecified atom stereocenters. The minimum Gasteiger partial charge on any atom is -0.497 e. The molecule has 34 heavy (non-hydrogen) atoms. The molecular weight excluding hydrogens is 468 g/mol. The monoisotopic (exact) mass is 492 g/mol. The lowest BCUT2D eigenvalue weighted by Crippen LogP contribution is -2.35. The molecule has 0 atom stereocenters. The first-order valence-electron chi connectivity index (χ1n) is 11.2. The van der Waals surface area contributed by atoms with Gasteiger partial charge >= 0.3 is 6.09 Å². The van der Waals surface area contributed by atoms with Gasteiger partial charge in [-0.3, -0.25) is 4.79 Å². The number of rotatable bonds is 6. The van der Waals surface area contributed by atoms with Crippen LogP contribution < -0.4 is 4.74 Å². The molecule has 0 spiro atoms. The van der Waals surface area contributed by atoms with E-state index in [0.717, 1.165) is 36.3 Å². The van der Waals surface area contributed by atoms with Gasteiger partial charge in [-0.2, -0.15) is 0 Å². The number of hydrogen-bond donors (Lipinski definition) is 0. The largest absolute Gasteiger partial charge is 0.497 e. The Hall–Kier alpha value is -3.23. The van der Waals surface area contributed by atoms with Gasteiger partial charge in [-0.25, -0.2) is 9.78 Å². The number of amides is 1. The van der Waals surface area contributed by atoms with Crippen molar-refractivity contribution in [1.29, 1.82) is 0 Å². The zero-order valence-corrected chi connectivity index (χ0v) is 20.6. The third-order valence-electron chi connectivity index (χ3n) is 5.90. The van der Waals surface area contributed by atoms with Crippen LogP contribution in [-0.2, 0) is 24.1 Å². The Morgan fingerprint density at radius 3 is 2.62 bits per heavy atom. The summed E-state index contributed by atoms with van der Waals surface area (Å²) < 4.78 is 11.6. The van der Waals surface area contributed by atoms with Crippen LogP contribution in [0.25, 0.3) is 20.8 Å². The standard InChI is InChI=1S/C26H24N2O4S2/c1-3-32-26(30)28-13-12-18-23(15-28)33-22(14-20(29)16-8-10-17(31-2)11-9-16)24(18)25-27-19-6-4-5-7-21(19)34-25/h4-11H,3,12-15H2,1-2H3. The van der Waals surface area contributed by atoms with Gasteiger partial charge in [-0.1, -0.05) is 12.1 Å². The van der Waals surface area contributed by atoms with Gasteiger partial charge in [0.15, 0.2) is 5.78 Å². The average Bonchev–Trinajstić information content (AvgIpc) is 3.44. The van der Waals surface area contributed by atoms with Crippen LogP contribution in [0.3, 0.4) is 0 Å². The average molecular weight is 493 g/mol. The van der Waals surface area contributed by atoms with Crippen LogP contribution in [-0.4, -0.2) is 42.0 Å². The van der Waals surface area contributed by atoms with Crippen molar-refractivity contribution < 1.29 is 19.1 Å². The molecule has 6 nitrogen and oxygen atoms in total. The number of ketones is 1. The van der Waals surface area contributed by atoms with Gasteiger partial charge in [-0.05, 0) is 55.3 Å². The minimum absolute atomic E-state index is 0.0471. The van der Waals surface area contributed by atoms with Gasteiger partial charge in [0.2, 0.25) is 0 Å². The van der Waals surface area contributed by atoms with Crippen LogP contribution in [0.2, 0.25) is 0 Å². The van der Waals surface area contributed by atoms with Gasteiger partial charge in [0.25, 0.3) is 0 Å². The number of hydrogen-bond acceptors (Lipinski definition) is 7. The Kier molecular flexibility index (Phi) is 6.34. The van der Waals surface area contributed by atoms with Crippen molar-refractivity contribution in [2.24, 2.45) is 0 Å². The van der Waals surface area contributed by atoms with E-state index in [1.807, 2.05) is 25.1 Å². The molecule has 1 aliphatic heterocycles. The van der Waals surface area contributed by atoms with E-state index in [4.69, 9.17) is 14.5 Å². The predicted molar refractivity (Wildman–Crippen MR) is 135 cm³/mol.